The van der Waals surface area contributed by atoms with Gasteiger partial charge in [-0.3, -0.25) is 9.71 Å². The van der Waals surface area contributed by atoms with Crippen LogP contribution in [0.25, 0.3) is 0 Å². The zero-order chi connectivity index (χ0) is 15.5. The highest BCUT2D eigenvalue weighted by Crippen LogP contribution is 2.15. The minimum atomic E-state index is -3.73. The van der Waals surface area contributed by atoms with Crippen molar-refractivity contribution in [3.05, 3.63) is 59.7 Å². The SMILES string of the molecule is NC(=S)c1ccc(CS(=O)(=O)Nc2ccncc2F)cc1. The summed E-state index contributed by atoms with van der Waals surface area (Å²) in [6.45, 7) is 0. The van der Waals surface area contributed by atoms with Crippen LogP contribution >= 0.6 is 12.2 Å². The molecule has 2 rings (SSSR count). The van der Waals surface area contributed by atoms with Gasteiger partial charge in [0.05, 0.1) is 17.6 Å². The number of sulfonamides is 1. The van der Waals surface area contributed by atoms with Crippen molar-refractivity contribution >= 4 is 32.9 Å². The first-order valence-electron chi connectivity index (χ1n) is 5.86. The highest BCUT2D eigenvalue weighted by atomic mass is 32.2. The summed E-state index contributed by atoms with van der Waals surface area (Å²) in [6, 6.07) is 7.75. The Morgan fingerprint density at radius 1 is 1.29 bits per heavy atom. The average molecular weight is 325 g/mol. The maximum absolute atomic E-state index is 13.4. The average Bonchev–Trinajstić information content (AvgIpc) is 2.41. The van der Waals surface area contributed by atoms with Crippen molar-refractivity contribution in [1.29, 1.82) is 0 Å². The molecule has 0 saturated carbocycles. The summed E-state index contributed by atoms with van der Waals surface area (Å²) in [7, 11) is -3.73. The zero-order valence-corrected chi connectivity index (χ0v) is 12.4. The highest BCUT2D eigenvalue weighted by Gasteiger charge is 2.14. The van der Waals surface area contributed by atoms with Gasteiger partial charge in [-0.05, 0) is 11.6 Å². The monoisotopic (exact) mass is 325 g/mol. The maximum atomic E-state index is 13.4. The molecule has 0 saturated heterocycles. The molecule has 8 heteroatoms. The third kappa shape index (κ3) is 4.20. The Morgan fingerprint density at radius 3 is 2.52 bits per heavy atom. The lowest BCUT2D eigenvalue weighted by molar-refractivity contribution is 0.597. The number of nitrogens with two attached hydrogens (primary N) is 1. The van der Waals surface area contributed by atoms with Crippen LogP contribution in [-0.2, 0) is 15.8 Å². The fourth-order valence-electron chi connectivity index (χ4n) is 1.65. The molecular weight excluding hydrogens is 313 g/mol. The summed E-state index contributed by atoms with van der Waals surface area (Å²) in [5, 5.41) is 0. The Morgan fingerprint density at radius 2 is 1.95 bits per heavy atom. The fourth-order valence-corrected chi connectivity index (χ4v) is 2.99. The van der Waals surface area contributed by atoms with Crippen molar-refractivity contribution in [2.75, 3.05) is 4.72 Å². The van der Waals surface area contributed by atoms with E-state index in [4.69, 9.17) is 18.0 Å². The predicted molar refractivity (Wildman–Crippen MR) is 82.8 cm³/mol. The quantitative estimate of drug-likeness (QED) is 0.819. The molecule has 0 bridgehead atoms. The van der Waals surface area contributed by atoms with Gasteiger partial charge >= 0.3 is 0 Å². The second-order valence-corrected chi connectivity index (χ2v) is 6.44. The molecule has 21 heavy (non-hydrogen) atoms. The minimum Gasteiger partial charge on any atom is -0.389 e. The first kappa shape index (κ1) is 15.3. The Hall–Kier alpha value is -2.06. The van der Waals surface area contributed by atoms with Crippen molar-refractivity contribution in [2.24, 2.45) is 5.73 Å². The second kappa shape index (κ2) is 6.15. The van der Waals surface area contributed by atoms with Crippen LogP contribution in [-0.4, -0.2) is 18.4 Å². The standard InChI is InChI=1S/C13H12FN3O2S2/c14-11-7-16-6-5-12(11)17-21(18,19)8-9-1-3-10(4-2-9)13(15)20/h1-7H,8H2,(H2,15,20)(H,16,17). The third-order valence-corrected chi connectivity index (χ3v) is 4.11. The van der Waals surface area contributed by atoms with Gasteiger partial charge in [-0.1, -0.05) is 36.5 Å². The van der Waals surface area contributed by atoms with E-state index in [1.54, 1.807) is 24.3 Å². The van der Waals surface area contributed by atoms with Crippen molar-refractivity contribution < 1.29 is 12.8 Å². The Bertz CT molecular complexity index is 761. The van der Waals surface area contributed by atoms with E-state index in [1.807, 2.05) is 0 Å². The molecule has 110 valence electrons. The van der Waals surface area contributed by atoms with Gasteiger partial charge in [0.2, 0.25) is 10.0 Å². The lowest BCUT2D eigenvalue weighted by Gasteiger charge is -2.09. The molecule has 0 fully saturated rings. The number of thiocarbonyl (C=S) groups is 1. The van der Waals surface area contributed by atoms with Gasteiger partial charge in [0.25, 0.3) is 0 Å². The van der Waals surface area contributed by atoms with E-state index in [0.717, 1.165) is 6.20 Å². The van der Waals surface area contributed by atoms with E-state index >= 15 is 0 Å². The minimum absolute atomic E-state index is 0.134. The summed E-state index contributed by atoms with van der Waals surface area (Å²) >= 11 is 4.82. The molecule has 0 unspecified atom stereocenters. The number of hydrogen-bond acceptors (Lipinski definition) is 4. The number of aromatic nitrogens is 1. The lowest BCUT2D eigenvalue weighted by atomic mass is 10.1. The van der Waals surface area contributed by atoms with Crippen molar-refractivity contribution in [3.63, 3.8) is 0 Å². The van der Waals surface area contributed by atoms with Crippen LogP contribution in [0.15, 0.2) is 42.7 Å². The van der Waals surface area contributed by atoms with E-state index in [2.05, 4.69) is 9.71 Å². The van der Waals surface area contributed by atoms with E-state index in [-0.39, 0.29) is 16.4 Å². The lowest BCUT2D eigenvalue weighted by Crippen LogP contribution is -2.16. The molecule has 0 aliphatic rings. The molecule has 3 N–H and O–H groups in total. The Balaban J connectivity index is 2.14. The number of rotatable bonds is 5. The van der Waals surface area contributed by atoms with Gasteiger partial charge in [-0.25, -0.2) is 12.8 Å². The van der Waals surface area contributed by atoms with Gasteiger partial charge in [0, 0.05) is 11.8 Å². The van der Waals surface area contributed by atoms with Crippen LogP contribution in [0, 0.1) is 5.82 Å². The summed E-state index contributed by atoms with van der Waals surface area (Å²) in [5.41, 5.74) is 6.52. The fraction of sp³-hybridized carbons (Fsp3) is 0.0769. The molecule has 0 amide bonds. The molecule has 0 aliphatic carbocycles. The molecule has 1 aromatic heterocycles. The smallest absolute Gasteiger partial charge is 0.237 e. The number of pyridine rings is 1. The number of benzene rings is 1. The maximum Gasteiger partial charge on any atom is 0.237 e. The summed E-state index contributed by atoms with van der Waals surface area (Å²) in [6.07, 6.45) is 2.24. The molecule has 1 aromatic carbocycles. The summed E-state index contributed by atoms with van der Waals surface area (Å²) in [4.78, 5) is 3.79. The summed E-state index contributed by atoms with van der Waals surface area (Å²) in [5.74, 6) is -1.02. The molecule has 0 aliphatic heterocycles. The first-order chi connectivity index (χ1) is 9.87. The van der Waals surface area contributed by atoms with Crippen LogP contribution in [0.5, 0.6) is 0 Å². The topological polar surface area (TPSA) is 85.1 Å². The molecule has 1 heterocycles. The van der Waals surface area contributed by atoms with Crippen LogP contribution in [0.2, 0.25) is 0 Å². The summed E-state index contributed by atoms with van der Waals surface area (Å²) < 4.78 is 39.5. The van der Waals surface area contributed by atoms with Gasteiger partial charge < -0.3 is 5.73 Å². The van der Waals surface area contributed by atoms with E-state index in [1.165, 1.54) is 12.3 Å². The molecule has 0 spiro atoms. The molecule has 2 aromatic rings. The van der Waals surface area contributed by atoms with E-state index in [0.29, 0.717) is 11.1 Å². The van der Waals surface area contributed by atoms with Crippen molar-refractivity contribution in [2.45, 2.75) is 5.75 Å². The van der Waals surface area contributed by atoms with Crippen LogP contribution in [0.1, 0.15) is 11.1 Å². The number of hydrogen-bond donors (Lipinski definition) is 2. The van der Waals surface area contributed by atoms with Crippen LogP contribution < -0.4 is 10.5 Å². The van der Waals surface area contributed by atoms with E-state index < -0.39 is 15.8 Å². The zero-order valence-electron chi connectivity index (χ0n) is 10.8. The normalized spacial score (nSPS) is 11.1. The molecule has 5 nitrogen and oxygen atoms in total. The van der Waals surface area contributed by atoms with Crippen LogP contribution in [0.3, 0.4) is 0 Å². The number of nitrogens with zero attached hydrogens (tertiary/aromatic N) is 1. The predicted octanol–water partition coefficient (Wildman–Crippen LogP) is 1.80. The van der Waals surface area contributed by atoms with Crippen LogP contribution in [0.4, 0.5) is 10.1 Å². The molecule has 0 atom stereocenters. The van der Waals surface area contributed by atoms with Gasteiger partial charge in [-0.15, -0.1) is 0 Å². The Labute approximate surface area is 127 Å². The highest BCUT2D eigenvalue weighted by molar-refractivity contribution is 7.91. The number of halogens is 1. The van der Waals surface area contributed by atoms with Crippen molar-refractivity contribution in [3.8, 4) is 0 Å². The largest absolute Gasteiger partial charge is 0.389 e. The second-order valence-electron chi connectivity index (χ2n) is 4.28. The third-order valence-electron chi connectivity index (χ3n) is 2.63. The van der Waals surface area contributed by atoms with Gasteiger partial charge in [-0.2, -0.15) is 0 Å². The number of anilines is 1. The first-order valence-corrected chi connectivity index (χ1v) is 7.92. The number of nitrogens with one attached hydrogen (secondary N) is 1. The molecule has 0 radical (unpaired) electrons. The molecular formula is C13H12FN3O2S2. The van der Waals surface area contributed by atoms with Crippen molar-refractivity contribution in [1.82, 2.24) is 4.98 Å². The van der Waals surface area contributed by atoms with Gasteiger partial charge in [0.1, 0.15) is 4.99 Å². The van der Waals surface area contributed by atoms with Gasteiger partial charge in [0.15, 0.2) is 5.82 Å². The Kier molecular flexibility index (Phi) is 4.49. The van der Waals surface area contributed by atoms with E-state index in [9.17, 15) is 12.8 Å².